The second-order valence-electron chi connectivity index (χ2n) is 4.19. The number of benzene rings is 1. The summed E-state index contributed by atoms with van der Waals surface area (Å²) in [5.41, 5.74) is 0.578. The molecule has 1 aromatic carbocycles. The first-order valence-corrected chi connectivity index (χ1v) is 6.28. The maximum absolute atomic E-state index is 12.2. The van der Waals surface area contributed by atoms with Crippen LogP contribution in [-0.2, 0) is 0 Å². The number of carbonyl (C=O) groups excluding carboxylic acids is 1. The molecule has 18 heavy (non-hydrogen) atoms. The van der Waals surface area contributed by atoms with Gasteiger partial charge in [-0.1, -0.05) is 23.2 Å². The molecule has 1 atom stereocenters. The van der Waals surface area contributed by atoms with Gasteiger partial charge in [-0.25, -0.2) is 0 Å². The average molecular weight is 310 g/mol. The maximum Gasteiger partial charge on any atom is 0.253 e. The summed E-state index contributed by atoms with van der Waals surface area (Å²) in [6.07, 6.45) is 0.990. The Morgan fingerprint density at radius 1 is 1.39 bits per heavy atom. The second-order valence-corrected chi connectivity index (χ2v) is 5.01. The lowest BCUT2D eigenvalue weighted by atomic mass is 10.1. The van der Waals surface area contributed by atoms with E-state index in [0.717, 1.165) is 19.5 Å². The maximum atomic E-state index is 12.2. The summed E-state index contributed by atoms with van der Waals surface area (Å²) in [7, 11) is 1.82. The van der Waals surface area contributed by atoms with Crippen molar-refractivity contribution in [1.82, 2.24) is 10.2 Å². The molecule has 1 N–H and O–H groups in total. The monoisotopic (exact) mass is 308 g/mol. The number of hydrogen-bond acceptors (Lipinski definition) is 2. The molecule has 3 nitrogen and oxygen atoms in total. The first-order valence-electron chi connectivity index (χ1n) is 5.52. The molecule has 1 saturated heterocycles. The van der Waals surface area contributed by atoms with E-state index < -0.39 is 0 Å². The first-order chi connectivity index (χ1) is 8.09. The Balaban J connectivity index is 0.00000162. The fourth-order valence-electron chi connectivity index (χ4n) is 1.97. The molecule has 1 heterocycles. The molecule has 0 aliphatic carbocycles. The number of carbonyl (C=O) groups is 1. The number of likely N-dealkylation sites (N-methyl/N-ethyl adjacent to an activating group) is 1. The Morgan fingerprint density at radius 2 is 2.11 bits per heavy atom. The summed E-state index contributed by atoms with van der Waals surface area (Å²) in [4.78, 5) is 14.0. The summed E-state index contributed by atoms with van der Waals surface area (Å²) >= 11 is 11.7. The van der Waals surface area contributed by atoms with Crippen LogP contribution in [0.1, 0.15) is 16.8 Å². The predicted molar refractivity (Wildman–Crippen MR) is 77.1 cm³/mol. The number of nitrogens with one attached hydrogen (secondary N) is 1. The normalized spacial score (nSPS) is 18.3. The summed E-state index contributed by atoms with van der Waals surface area (Å²) in [6, 6.07) is 5.23. The molecular formula is C12H15Cl3N2O. The number of rotatable bonds is 2. The average Bonchev–Trinajstić information content (AvgIpc) is 2.84. The van der Waals surface area contributed by atoms with Crippen molar-refractivity contribution in [2.75, 3.05) is 20.1 Å². The van der Waals surface area contributed by atoms with Crippen LogP contribution in [-0.4, -0.2) is 37.0 Å². The Hall–Kier alpha value is -0.480. The van der Waals surface area contributed by atoms with E-state index in [-0.39, 0.29) is 24.4 Å². The Kier molecular flexibility index (Phi) is 5.73. The minimum absolute atomic E-state index is 0. The molecule has 0 radical (unpaired) electrons. The Morgan fingerprint density at radius 3 is 2.67 bits per heavy atom. The lowest BCUT2D eigenvalue weighted by Crippen LogP contribution is -2.38. The highest BCUT2D eigenvalue weighted by molar-refractivity contribution is 6.42. The number of halogens is 3. The SMILES string of the molecule is CN(C(=O)c1ccc(Cl)c(Cl)c1)[C@H]1CCNC1.Cl. The van der Waals surface area contributed by atoms with Crippen molar-refractivity contribution >= 4 is 41.5 Å². The quantitative estimate of drug-likeness (QED) is 0.911. The third kappa shape index (κ3) is 3.29. The second kappa shape index (κ2) is 6.62. The van der Waals surface area contributed by atoms with Gasteiger partial charge in [0.25, 0.3) is 5.91 Å². The zero-order valence-electron chi connectivity index (χ0n) is 9.95. The molecule has 6 heteroatoms. The minimum atomic E-state index is -0.0164. The molecule has 0 unspecified atom stereocenters. The van der Waals surface area contributed by atoms with Crippen molar-refractivity contribution in [2.24, 2.45) is 0 Å². The molecule has 1 aliphatic heterocycles. The van der Waals surface area contributed by atoms with E-state index in [0.29, 0.717) is 15.6 Å². The fraction of sp³-hybridized carbons (Fsp3) is 0.417. The van der Waals surface area contributed by atoms with Gasteiger partial charge in [-0.05, 0) is 31.2 Å². The molecule has 0 aromatic heterocycles. The van der Waals surface area contributed by atoms with Crippen molar-refractivity contribution in [3.8, 4) is 0 Å². The number of amides is 1. The molecule has 1 aliphatic rings. The molecule has 0 saturated carbocycles. The lowest BCUT2D eigenvalue weighted by Gasteiger charge is -2.23. The first kappa shape index (κ1) is 15.6. The lowest BCUT2D eigenvalue weighted by molar-refractivity contribution is 0.0744. The molecule has 0 spiro atoms. The van der Waals surface area contributed by atoms with Gasteiger partial charge in [-0.2, -0.15) is 0 Å². The van der Waals surface area contributed by atoms with Gasteiger partial charge in [0.15, 0.2) is 0 Å². The van der Waals surface area contributed by atoms with Crippen molar-refractivity contribution in [3.05, 3.63) is 33.8 Å². The minimum Gasteiger partial charge on any atom is -0.337 e. The number of hydrogen-bond donors (Lipinski definition) is 1. The topological polar surface area (TPSA) is 32.3 Å². The van der Waals surface area contributed by atoms with Crippen LogP contribution in [0.5, 0.6) is 0 Å². The smallest absolute Gasteiger partial charge is 0.253 e. The van der Waals surface area contributed by atoms with Gasteiger partial charge >= 0.3 is 0 Å². The van der Waals surface area contributed by atoms with Crippen molar-refractivity contribution in [2.45, 2.75) is 12.5 Å². The van der Waals surface area contributed by atoms with Gasteiger partial charge < -0.3 is 10.2 Å². The summed E-state index contributed by atoms with van der Waals surface area (Å²) in [6.45, 7) is 1.81. The summed E-state index contributed by atoms with van der Waals surface area (Å²) in [5.74, 6) is -0.0164. The molecule has 100 valence electrons. The van der Waals surface area contributed by atoms with Crippen molar-refractivity contribution in [3.63, 3.8) is 0 Å². The van der Waals surface area contributed by atoms with E-state index in [1.54, 1.807) is 23.1 Å². The molecule has 1 amide bonds. The summed E-state index contributed by atoms with van der Waals surface area (Å²) < 4.78 is 0. The molecule has 0 bridgehead atoms. The van der Waals surface area contributed by atoms with Gasteiger partial charge in [-0.3, -0.25) is 4.79 Å². The van der Waals surface area contributed by atoms with Crippen LogP contribution in [0.4, 0.5) is 0 Å². The molecule has 2 rings (SSSR count). The van der Waals surface area contributed by atoms with E-state index >= 15 is 0 Å². The Bertz CT molecular complexity index is 433. The van der Waals surface area contributed by atoms with Crippen LogP contribution in [0.15, 0.2) is 18.2 Å². The highest BCUT2D eigenvalue weighted by Crippen LogP contribution is 2.23. The van der Waals surface area contributed by atoms with E-state index in [1.807, 2.05) is 7.05 Å². The third-order valence-electron chi connectivity index (χ3n) is 3.07. The Labute approximate surface area is 123 Å². The van der Waals surface area contributed by atoms with Gasteiger partial charge in [-0.15, -0.1) is 12.4 Å². The molecule has 1 aromatic rings. The van der Waals surface area contributed by atoms with E-state index in [2.05, 4.69) is 5.32 Å². The molecule has 1 fully saturated rings. The zero-order chi connectivity index (χ0) is 12.4. The van der Waals surface area contributed by atoms with Crippen LogP contribution in [0.3, 0.4) is 0 Å². The van der Waals surface area contributed by atoms with Crippen LogP contribution in [0.25, 0.3) is 0 Å². The predicted octanol–water partition coefficient (Wildman–Crippen LogP) is 2.85. The van der Waals surface area contributed by atoms with Crippen LogP contribution in [0, 0.1) is 0 Å². The zero-order valence-corrected chi connectivity index (χ0v) is 12.3. The van der Waals surface area contributed by atoms with Crippen LogP contribution in [0.2, 0.25) is 10.0 Å². The molecular weight excluding hydrogens is 295 g/mol. The highest BCUT2D eigenvalue weighted by Gasteiger charge is 2.24. The number of nitrogens with zero attached hydrogens (tertiary/aromatic N) is 1. The van der Waals surface area contributed by atoms with E-state index in [1.165, 1.54) is 0 Å². The van der Waals surface area contributed by atoms with Gasteiger partial charge in [0.1, 0.15) is 0 Å². The van der Waals surface area contributed by atoms with Gasteiger partial charge in [0.2, 0.25) is 0 Å². The third-order valence-corrected chi connectivity index (χ3v) is 3.81. The highest BCUT2D eigenvalue weighted by atomic mass is 35.5. The van der Waals surface area contributed by atoms with Crippen LogP contribution < -0.4 is 5.32 Å². The largest absolute Gasteiger partial charge is 0.337 e. The van der Waals surface area contributed by atoms with E-state index in [4.69, 9.17) is 23.2 Å². The van der Waals surface area contributed by atoms with Crippen molar-refractivity contribution in [1.29, 1.82) is 0 Å². The van der Waals surface area contributed by atoms with Crippen molar-refractivity contribution < 1.29 is 4.79 Å². The van der Waals surface area contributed by atoms with Crippen LogP contribution >= 0.6 is 35.6 Å². The fourth-order valence-corrected chi connectivity index (χ4v) is 2.27. The van der Waals surface area contributed by atoms with E-state index in [9.17, 15) is 4.79 Å². The summed E-state index contributed by atoms with van der Waals surface area (Å²) in [5, 5.41) is 4.12. The standard InChI is InChI=1S/C12H14Cl2N2O.ClH/c1-16(9-4-5-15-7-9)12(17)8-2-3-10(13)11(14)6-8;/h2-3,6,9,15H,4-5,7H2,1H3;1H/t9-;/m0./s1. The van der Waals surface area contributed by atoms with Gasteiger partial charge in [0, 0.05) is 25.2 Å². The van der Waals surface area contributed by atoms with Gasteiger partial charge in [0.05, 0.1) is 10.0 Å².